The zero-order chi connectivity index (χ0) is 14.9. The Labute approximate surface area is 124 Å². The van der Waals surface area contributed by atoms with Crippen LogP contribution in [0.1, 0.15) is 31.2 Å². The number of carbonyl (C=O) groups excluding carboxylic acids is 1. The molecule has 1 aromatic rings. The second-order valence-corrected chi connectivity index (χ2v) is 5.88. The van der Waals surface area contributed by atoms with Crippen LogP contribution in [0.5, 0.6) is 0 Å². The SMILES string of the molecule is Cc1c([N+](=O)[O-])cn(CC(=O)C2CCCC2)c(=O)c1Br. The van der Waals surface area contributed by atoms with Crippen LogP contribution in [0.3, 0.4) is 0 Å². The number of halogens is 1. The fraction of sp³-hybridized carbons (Fsp3) is 0.538. The zero-order valence-corrected chi connectivity index (χ0v) is 12.7. The number of ketones is 1. The molecule has 0 aromatic carbocycles. The summed E-state index contributed by atoms with van der Waals surface area (Å²) in [5, 5.41) is 11.0. The van der Waals surface area contributed by atoms with E-state index >= 15 is 0 Å². The third-order valence-electron chi connectivity index (χ3n) is 3.77. The Morgan fingerprint density at radius 1 is 1.50 bits per heavy atom. The number of hydrogen-bond acceptors (Lipinski definition) is 4. The molecule has 6 nitrogen and oxygen atoms in total. The number of Topliss-reactive ketones (excluding diaryl/α,β-unsaturated/α-hetero) is 1. The summed E-state index contributed by atoms with van der Waals surface area (Å²) in [7, 11) is 0. The normalized spacial score (nSPS) is 15.5. The highest BCUT2D eigenvalue weighted by Gasteiger charge is 2.25. The molecular formula is C13H15BrN2O4. The zero-order valence-electron chi connectivity index (χ0n) is 11.1. The van der Waals surface area contributed by atoms with Crippen LogP contribution in [0.25, 0.3) is 0 Å². The molecule has 1 saturated carbocycles. The van der Waals surface area contributed by atoms with E-state index in [0.717, 1.165) is 36.4 Å². The quantitative estimate of drug-likeness (QED) is 0.621. The van der Waals surface area contributed by atoms with Crippen molar-refractivity contribution in [2.45, 2.75) is 39.2 Å². The number of hydrogen-bond donors (Lipinski definition) is 0. The molecule has 1 fully saturated rings. The molecule has 0 N–H and O–H groups in total. The third kappa shape index (κ3) is 2.82. The Morgan fingerprint density at radius 3 is 2.65 bits per heavy atom. The fourth-order valence-corrected chi connectivity index (χ4v) is 2.98. The van der Waals surface area contributed by atoms with Crippen molar-refractivity contribution in [3.63, 3.8) is 0 Å². The Balaban J connectivity index is 2.34. The maximum absolute atomic E-state index is 12.1. The Kier molecular flexibility index (Phi) is 4.37. The molecule has 0 saturated heterocycles. The van der Waals surface area contributed by atoms with Crippen LogP contribution in [-0.4, -0.2) is 15.3 Å². The smallest absolute Gasteiger partial charge is 0.289 e. The van der Waals surface area contributed by atoms with E-state index in [4.69, 9.17) is 0 Å². The molecule has 1 aromatic heterocycles. The number of nitrogens with zero attached hydrogens (tertiary/aromatic N) is 2. The van der Waals surface area contributed by atoms with Gasteiger partial charge >= 0.3 is 0 Å². The summed E-state index contributed by atoms with van der Waals surface area (Å²) in [5.41, 5.74) is -0.278. The molecule has 108 valence electrons. The molecule has 7 heteroatoms. The number of carbonyl (C=O) groups is 1. The van der Waals surface area contributed by atoms with E-state index in [0.29, 0.717) is 0 Å². The summed E-state index contributed by atoms with van der Waals surface area (Å²) in [4.78, 5) is 34.6. The number of aromatic nitrogens is 1. The first-order valence-corrected chi connectivity index (χ1v) is 7.27. The topological polar surface area (TPSA) is 82.2 Å². The van der Waals surface area contributed by atoms with Gasteiger partial charge in [-0.15, -0.1) is 0 Å². The Hall–Kier alpha value is -1.50. The largest absolute Gasteiger partial charge is 0.300 e. The maximum Gasteiger partial charge on any atom is 0.289 e. The molecule has 0 aliphatic heterocycles. The summed E-state index contributed by atoms with van der Waals surface area (Å²) < 4.78 is 1.28. The standard InChI is InChI=1S/C13H15BrN2O4/c1-8-10(16(19)20)6-15(13(18)12(8)14)7-11(17)9-4-2-3-5-9/h6,9H,2-5,7H2,1H3. The van der Waals surface area contributed by atoms with E-state index in [1.807, 2.05) is 0 Å². The lowest BCUT2D eigenvalue weighted by molar-refractivity contribution is -0.386. The molecule has 1 aliphatic carbocycles. The summed E-state index contributed by atoms with van der Waals surface area (Å²) in [5.74, 6) is -0.0318. The summed E-state index contributed by atoms with van der Waals surface area (Å²) in [6.45, 7) is 1.41. The van der Waals surface area contributed by atoms with E-state index in [1.54, 1.807) is 0 Å². The van der Waals surface area contributed by atoms with E-state index < -0.39 is 10.5 Å². The van der Waals surface area contributed by atoms with Crippen LogP contribution in [0, 0.1) is 23.0 Å². The van der Waals surface area contributed by atoms with Gasteiger partial charge in [-0.25, -0.2) is 0 Å². The lowest BCUT2D eigenvalue weighted by atomic mass is 10.0. The van der Waals surface area contributed by atoms with Crippen molar-refractivity contribution in [1.29, 1.82) is 0 Å². The van der Waals surface area contributed by atoms with Gasteiger partial charge in [-0.1, -0.05) is 12.8 Å². The highest BCUT2D eigenvalue weighted by Crippen LogP contribution is 2.26. The molecule has 0 unspecified atom stereocenters. The van der Waals surface area contributed by atoms with Gasteiger partial charge in [0.1, 0.15) is 0 Å². The molecule has 0 spiro atoms. The van der Waals surface area contributed by atoms with Crippen molar-refractivity contribution in [1.82, 2.24) is 4.57 Å². The monoisotopic (exact) mass is 342 g/mol. The highest BCUT2D eigenvalue weighted by molar-refractivity contribution is 9.10. The second kappa shape index (κ2) is 5.87. The van der Waals surface area contributed by atoms with Gasteiger partial charge in [0.2, 0.25) is 0 Å². The molecule has 0 radical (unpaired) electrons. The minimum Gasteiger partial charge on any atom is -0.300 e. The maximum atomic E-state index is 12.1. The van der Waals surface area contributed by atoms with Gasteiger partial charge in [0.25, 0.3) is 11.2 Å². The van der Waals surface area contributed by atoms with Crippen molar-refractivity contribution < 1.29 is 9.72 Å². The van der Waals surface area contributed by atoms with Crippen LogP contribution in [-0.2, 0) is 11.3 Å². The Morgan fingerprint density at radius 2 is 2.10 bits per heavy atom. The predicted molar refractivity (Wildman–Crippen MR) is 76.8 cm³/mol. The van der Waals surface area contributed by atoms with E-state index in [2.05, 4.69) is 15.9 Å². The minimum absolute atomic E-state index is 0.0129. The van der Waals surface area contributed by atoms with Gasteiger partial charge in [-0.2, -0.15) is 0 Å². The van der Waals surface area contributed by atoms with Crippen LogP contribution < -0.4 is 5.56 Å². The van der Waals surface area contributed by atoms with Gasteiger partial charge in [0.15, 0.2) is 5.78 Å². The number of nitro groups is 1. The van der Waals surface area contributed by atoms with Gasteiger partial charge in [-0.05, 0) is 35.7 Å². The number of pyridine rings is 1. The van der Waals surface area contributed by atoms with E-state index in [9.17, 15) is 19.7 Å². The van der Waals surface area contributed by atoms with Crippen LogP contribution >= 0.6 is 15.9 Å². The predicted octanol–water partition coefficient (Wildman–Crippen LogP) is 2.59. The van der Waals surface area contributed by atoms with Crippen molar-refractivity contribution in [3.8, 4) is 0 Å². The summed E-state index contributed by atoms with van der Waals surface area (Å²) in [6.07, 6.45) is 4.92. The number of rotatable bonds is 4. The lowest BCUT2D eigenvalue weighted by Gasteiger charge is -2.11. The van der Waals surface area contributed by atoms with Gasteiger partial charge in [0, 0.05) is 11.5 Å². The van der Waals surface area contributed by atoms with Gasteiger partial charge in [-0.3, -0.25) is 19.7 Å². The molecule has 1 aliphatic rings. The van der Waals surface area contributed by atoms with Gasteiger partial charge < -0.3 is 4.57 Å². The molecule has 0 bridgehead atoms. The highest BCUT2D eigenvalue weighted by atomic mass is 79.9. The molecule has 1 heterocycles. The Bertz CT molecular complexity index is 618. The van der Waals surface area contributed by atoms with Gasteiger partial charge in [0.05, 0.1) is 22.1 Å². The van der Waals surface area contributed by atoms with Crippen LogP contribution in [0.2, 0.25) is 0 Å². The first-order valence-electron chi connectivity index (χ1n) is 6.48. The third-order valence-corrected chi connectivity index (χ3v) is 4.71. The van der Waals surface area contributed by atoms with Crippen LogP contribution in [0.15, 0.2) is 15.5 Å². The first-order chi connectivity index (χ1) is 9.41. The van der Waals surface area contributed by atoms with Crippen molar-refractivity contribution >= 4 is 27.4 Å². The second-order valence-electron chi connectivity index (χ2n) is 5.09. The van der Waals surface area contributed by atoms with Crippen molar-refractivity contribution in [3.05, 3.63) is 36.7 Å². The summed E-state index contributed by atoms with van der Waals surface area (Å²) >= 11 is 3.07. The van der Waals surface area contributed by atoms with Crippen molar-refractivity contribution in [2.75, 3.05) is 0 Å². The average molecular weight is 343 g/mol. The fourth-order valence-electron chi connectivity index (χ4n) is 2.55. The average Bonchev–Trinajstić information content (AvgIpc) is 2.93. The minimum atomic E-state index is -0.546. The molecule has 2 rings (SSSR count). The van der Waals surface area contributed by atoms with Crippen LogP contribution in [0.4, 0.5) is 5.69 Å². The van der Waals surface area contributed by atoms with E-state index in [1.165, 1.54) is 6.92 Å². The molecular weight excluding hydrogens is 328 g/mol. The molecule has 0 amide bonds. The van der Waals surface area contributed by atoms with Crippen molar-refractivity contribution in [2.24, 2.45) is 5.92 Å². The molecule has 0 atom stereocenters. The lowest BCUT2D eigenvalue weighted by Crippen LogP contribution is -2.28. The summed E-state index contributed by atoms with van der Waals surface area (Å²) in [6, 6.07) is 0. The molecule has 20 heavy (non-hydrogen) atoms. The van der Waals surface area contributed by atoms with E-state index in [-0.39, 0.29) is 34.0 Å². The first kappa shape index (κ1) is 14.9.